The number of nitrogens with zero attached hydrogens (tertiary/aromatic N) is 4. The third-order valence-corrected chi connectivity index (χ3v) is 6.34. The molecule has 1 saturated carbocycles. The van der Waals surface area contributed by atoms with Gasteiger partial charge in [-0.05, 0) is 43.7 Å². The number of imidazole rings is 1. The fourth-order valence-electron chi connectivity index (χ4n) is 4.59. The zero-order chi connectivity index (χ0) is 22.2. The topological polar surface area (TPSA) is 105 Å². The van der Waals surface area contributed by atoms with Crippen LogP contribution in [-0.4, -0.2) is 60.3 Å². The van der Waals surface area contributed by atoms with Gasteiger partial charge in [-0.25, -0.2) is 23.7 Å². The van der Waals surface area contributed by atoms with Crippen LogP contribution in [0, 0.1) is 5.82 Å². The first-order valence-electron chi connectivity index (χ1n) is 10.8. The van der Waals surface area contributed by atoms with E-state index in [1.807, 2.05) is 0 Å². The number of aliphatic hydroxyl groups is 2. The molecule has 1 aliphatic carbocycles. The van der Waals surface area contributed by atoms with Gasteiger partial charge in [0.1, 0.15) is 30.5 Å². The van der Waals surface area contributed by atoms with Gasteiger partial charge in [-0.2, -0.15) is 0 Å². The molecule has 0 bridgehead atoms. The summed E-state index contributed by atoms with van der Waals surface area (Å²) >= 11 is 0. The third-order valence-electron chi connectivity index (χ3n) is 6.34. The number of aromatic nitrogens is 4. The van der Waals surface area contributed by atoms with E-state index < -0.39 is 30.7 Å². The van der Waals surface area contributed by atoms with Crippen molar-refractivity contribution in [3.05, 3.63) is 48.3 Å². The second-order valence-electron chi connectivity index (χ2n) is 8.47. The quantitative estimate of drug-likeness (QED) is 0.535. The van der Waals surface area contributed by atoms with Crippen LogP contribution in [0.15, 0.2) is 36.9 Å². The maximum atomic E-state index is 13.9. The summed E-state index contributed by atoms with van der Waals surface area (Å²) < 4.78 is 35.0. The Hall–Kier alpha value is -2.69. The van der Waals surface area contributed by atoms with Gasteiger partial charge < -0.3 is 20.3 Å². The van der Waals surface area contributed by atoms with Gasteiger partial charge in [0.2, 0.25) is 0 Å². The molecule has 1 aromatic carbocycles. The summed E-state index contributed by atoms with van der Waals surface area (Å²) in [7, 11) is 0. The highest BCUT2D eigenvalue weighted by Crippen LogP contribution is 2.34. The summed E-state index contributed by atoms with van der Waals surface area (Å²) in [5.41, 5.74) is 1.44. The number of halogens is 2. The van der Waals surface area contributed by atoms with Crippen molar-refractivity contribution < 1.29 is 23.7 Å². The first-order chi connectivity index (χ1) is 15.5. The predicted octanol–water partition coefficient (Wildman–Crippen LogP) is 2.52. The number of fused-ring (bicyclic) bond motifs is 1. The highest BCUT2D eigenvalue weighted by Gasteiger charge is 2.44. The summed E-state index contributed by atoms with van der Waals surface area (Å²) in [5.74, 6) is 0.188. The van der Waals surface area contributed by atoms with Gasteiger partial charge >= 0.3 is 0 Å². The van der Waals surface area contributed by atoms with Crippen molar-refractivity contribution in [1.82, 2.24) is 19.5 Å². The highest BCUT2D eigenvalue weighted by molar-refractivity contribution is 5.82. The fourth-order valence-corrected chi connectivity index (χ4v) is 4.59. The van der Waals surface area contributed by atoms with Crippen LogP contribution in [0.3, 0.4) is 0 Å². The Balaban J connectivity index is 1.33. The summed E-state index contributed by atoms with van der Waals surface area (Å²) in [6, 6.07) is 6.43. The number of alkyl halides is 1. The minimum absolute atomic E-state index is 0.0221. The van der Waals surface area contributed by atoms with E-state index in [-0.39, 0.29) is 11.9 Å². The molecule has 2 fully saturated rings. The molecule has 3 heterocycles. The molecular weight excluding hydrogens is 420 g/mol. The molecular formula is C22H25F2N5O3. The summed E-state index contributed by atoms with van der Waals surface area (Å²) in [6.45, 7) is 0. The molecule has 1 saturated heterocycles. The Labute approximate surface area is 183 Å². The summed E-state index contributed by atoms with van der Waals surface area (Å²) in [5, 5.41) is 24.4. The minimum atomic E-state index is -1.20. The molecule has 8 nitrogen and oxygen atoms in total. The maximum Gasteiger partial charge on any atom is 0.167 e. The van der Waals surface area contributed by atoms with Crippen LogP contribution < -0.4 is 5.32 Å². The van der Waals surface area contributed by atoms with E-state index in [0.717, 1.165) is 0 Å². The van der Waals surface area contributed by atoms with Gasteiger partial charge in [0.05, 0.1) is 12.4 Å². The monoisotopic (exact) mass is 445 g/mol. The van der Waals surface area contributed by atoms with Crippen molar-refractivity contribution >= 4 is 17.0 Å². The standard InChI is InChI=1S/C22H25F2N5O3/c23-13-6-7-14(9-13)28-20-17-21(26-10-25-20)29(11-27-17)22-19(31)18(30)16(32-22)8-5-12-3-1-2-4-15(12)24/h1-4,10-11,13-14,16,18-19,22,30-31H,5-9H2,(H,25,26,28)/t13?,14?,16-,18-,19-,22-/m1/s1. The predicted molar refractivity (Wildman–Crippen MR) is 112 cm³/mol. The van der Waals surface area contributed by atoms with Crippen LogP contribution in [0.4, 0.5) is 14.6 Å². The zero-order valence-electron chi connectivity index (χ0n) is 17.3. The number of benzene rings is 1. The highest BCUT2D eigenvalue weighted by atomic mass is 19.1. The fraction of sp³-hybridized carbons (Fsp3) is 0.500. The molecule has 5 rings (SSSR count). The number of nitrogens with one attached hydrogen (secondary N) is 1. The Kier molecular flexibility index (Phi) is 5.75. The van der Waals surface area contributed by atoms with E-state index in [1.54, 1.807) is 22.8 Å². The third kappa shape index (κ3) is 3.94. The van der Waals surface area contributed by atoms with E-state index in [9.17, 15) is 19.0 Å². The molecule has 3 N–H and O–H groups in total. The number of rotatable bonds is 6. The average Bonchev–Trinajstić information content (AvgIpc) is 3.47. The van der Waals surface area contributed by atoms with E-state index in [0.29, 0.717) is 54.6 Å². The summed E-state index contributed by atoms with van der Waals surface area (Å²) in [6.07, 6.45) is 0.505. The van der Waals surface area contributed by atoms with Gasteiger partial charge in [0.15, 0.2) is 23.2 Å². The van der Waals surface area contributed by atoms with Crippen LogP contribution in [0.1, 0.15) is 37.5 Å². The van der Waals surface area contributed by atoms with Crippen molar-refractivity contribution in [1.29, 1.82) is 0 Å². The Morgan fingerprint density at radius 2 is 1.97 bits per heavy atom. The van der Waals surface area contributed by atoms with E-state index in [1.165, 1.54) is 18.7 Å². The lowest BCUT2D eigenvalue weighted by molar-refractivity contribution is -0.0368. The Bertz CT molecular complexity index is 1100. The number of anilines is 1. The van der Waals surface area contributed by atoms with Crippen LogP contribution in [0.2, 0.25) is 0 Å². The van der Waals surface area contributed by atoms with E-state index in [2.05, 4.69) is 20.3 Å². The first kappa shape index (κ1) is 21.2. The van der Waals surface area contributed by atoms with Crippen molar-refractivity contribution in [3.63, 3.8) is 0 Å². The minimum Gasteiger partial charge on any atom is -0.388 e. The van der Waals surface area contributed by atoms with E-state index >= 15 is 0 Å². The maximum absolute atomic E-state index is 13.9. The van der Waals surface area contributed by atoms with Gasteiger partial charge in [0.25, 0.3) is 0 Å². The number of hydrogen-bond acceptors (Lipinski definition) is 7. The van der Waals surface area contributed by atoms with Gasteiger partial charge in [0, 0.05) is 6.04 Å². The van der Waals surface area contributed by atoms with Crippen LogP contribution >= 0.6 is 0 Å². The van der Waals surface area contributed by atoms with Crippen LogP contribution in [-0.2, 0) is 11.2 Å². The van der Waals surface area contributed by atoms with E-state index in [4.69, 9.17) is 4.74 Å². The normalized spacial score (nSPS) is 30.2. The second kappa shape index (κ2) is 8.68. The number of hydrogen-bond donors (Lipinski definition) is 3. The second-order valence-corrected chi connectivity index (χ2v) is 8.47. The van der Waals surface area contributed by atoms with Gasteiger partial charge in [-0.3, -0.25) is 4.57 Å². The molecule has 0 radical (unpaired) electrons. The molecule has 2 aromatic heterocycles. The molecule has 170 valence electrons. The average molecular weight is 445 g/mol. The Morgan fingerprint density at radius 1 is 1.12 bits per heavy atom. The zero-order valence-corrected chi connectivity index (χ0v) is 17.3. The van der Waals surface area contributed by atoms with Crippen molar-refractivity contribution in [2.45, 2.75) is 68.9 Å². The molecule has 3 aromatic rings. The van der Waals surface area contributed by atoms with Crippen molar-refractivity contribution in [2.75, 3.05) is 5.32 Å². The first-order valence-corrected chi connectivity index (χ1v) is 10.8. The number of aryl methyl sites for hydroxylation is 1. The van der Waals surface area contributed by atoms with Gasteiger partial charge in [-0.15, -0.1) is 0 Å². The molecule has 6 atom stereocenters. The number of aliphatic hydroxyl groups excluding tert-OH is 2. The van der Waals surface area contributed by atoms with Crippen LogP contribution in [0.5, 0.6) is 0 Å². The molecule has 32 heavy (non-hydrogen) atoms. The van der Waals surface area contributed by atoms with Crippen LogP contribution in [0.25, 0.3) is 11.2 Å². The Morgan fingerprint density at radius 3 is 2.75 bits per heavy atom. The molecule has 10 heteroatoms. The molecule has 0 amide bonds. The molecule has 0 spiro atoms. The largest absolute Gasteiger partial charge is 0.388 e. The molecule has 2 unspecified atom stereocenters. The van der Waals surface area contributed by atoms with Crippen molar-refractivity contribution in [2.24, 2.45) is 0 Å². The lowest BCUT2D eigenvalue weighted by atomic mass is 10.0. The number of ether oxygens (including phenoxy) is 1. The SMILES string of the molecule is O[C@@H]1[C@H](O)[C@@H](CCc2ccccc2F)O[C@H]1n1cnc2c(NC3CCC(F)C3)ncnc21. The van der Waals surface area contributed by atoms with Gasteiger partial charge in [-0.1, -0.05) is 18.2 Å². The molecule has 1 aliphatic heterocycles. The van der Waals surface area contributed by atoms with Crippen molar-refractivity contribution in [3.8, 4) is 0 Å². The molecule has 2 aliphatic rings. The lowest BCUT2D eigenvalue weighted by Crippen LogP contribution is -2.31. The smallest absolute Gasteiger partial charge is 0.167 e. The summed E-state index contributed by atoms with van der Waals surface area (Å²) in [4.78, 5) is 12.9. The lowest BCUT2D eigenvalue weighted by Gasteiger charge is -2.17.